The third-order valence-electron chi connectivity index (χ3n) is 3.93. The van der Waals surface area contributed by atoms with Crippen molar-refractivity contribution in [1.82, 2.24) is 0 Å². The second kappa shape index (κ2) is 10.8. The van der Waals surface area contributed by atoms with Crippen LogP contribution in [0.2, 0.25) is 51.4 Å². The van der Waals surface area contributed by atoms with Crippen molar-refractivity contribution in [3.05, 3.63) is 24.3 Å². The fraction of sp³-hybridized carbons (Fsp3) is 0.737. The maximum atomic E-state index is 11.4. The van der Waals surface area contributed by atoms with E-state index >= 15 is 0 Å². The molecule has 0 fully saturated rings. The van der Waals surface area contributed by atoms with Gasteiger partial charge in [0.1, 0.15) is 0 Å². The van der Waals surface area contributed by atoms with Gasteiger partial charge >= 0.3 is 14.5 Å². The van der Waals surface area contributed by atoms with Gasteiger partial charge in [-0.1, -0.05) is 12.2 Å². The van der Waals surface area contributed by atoms with E-state index in [1.807, 2.05) is 0 Å². The van der Waals surface area contributed by atoms with Crippen LogP contribution in [0.5, 0.6) is 0 Å². The standard InChI is InChI=1S/C19H40O4Si3/c1-17(2)13-11-15-24(5,6)22-26(9,10)23-25(7,8)16-12-14-21-19(20)18(3)4/h1,3,11-16H2,2,4-10H3. The lowest BCUT2D eigenvalue weighted by Crippen LogP contribution is -2.52. The normalized spacial score (nSPS) is 12.8. The maximum Gasteiger partial charge on any atom is 0.333 e. The van der Waals surface area contributed by atoms with Crippen LogP contribution < -0.4 is 0 Å². The minimum atomic E-state index is -2.17. The second-order valence-electron chi connectivity index (χ2n) is 8.95. The van der Waals surface area contributed by atoms with Crippen LogP contribution in [0.1, 0.15) is 33.1 Å². The summed E-state index contributed by atoms with van der Waals surface area (Å²) in [5.41, 5.74) is 1.68. The summed E-state index contributed by atoms with van der Waals surface area (Å²) in [6, 6.07) is 2.09. The molecule has 0 atom stereocenters. The molecule has 0 heterocycles. The predicted octanol–water partition coefficient (Wildman–Crippen LogP) is 6.00. The van der Waals surface area contributed by atoms with E-state index in [1.165, 1.54) is 5.57 Å². The van der Waals surface area contributed by atoms with Crippen LogP contribution in [0.25, 0.3) is 0 Å². The maximum absolute atomic E-state index is 11.4. The van der Waals surface area contributed by atoms with Gasteiger partial charge in [0.05, 0.1) is 6.61 Å². The van der Waals surface area contributed by atoms with Gasteiger partial charge in [0.15, 0.2) is 16.6 Å². The Morgan fingerprint density at radius 3 is 1.73 bits per heavy atom. The van der Waals surface area contributed by atoms with E-state index in [-0.39, 0.29) is 5.97 Å². The van der Waals surface area contributed by atoms with Crippen LogP contribution in [-0.2, 0) is 17.8 Å². The molecule has 26 heavy (non-hydrogen) atoms. The summed E-state index contributed by atoms with van der Waals surface area (Å²) in [5, 5.41) is 0. The van der Waals surface area contributed by atoms with Gasteiger partial charge in [-0.15, -0.1) is 6.58 Å². The van der Waals surface area contributed by atoms with Gasteiger partial charge in [-0.25, -0.2) is 4.79 Å². The molecule has 152 valence electrons. The highest BCUT2D eigenvalue weighted by atomic mass is 28.5. The van der Waals surface area contributed by atoms with Crippen molar-refractivity contribution in [1.29, 1.82) is 0 Å². The van der Waals surface area contributed by atoms with Gasteiger partial charge in [-0.2, -0.15) is 0 Å². The van der Waals surface area contributed by atoms with Crippen molar-refractivity contribution in [3.63, 3.8) is 0 Å². The SMILES string of the molecule is C=C(C)CCC[Si](C)(C)O[Si](C)(C)O[Si](C)(C)CCCOC(=O)C(=C)C. The molecule has 0 rings (SSSR count). The Morgan fingerprint density at radius 1 is 0.846 bits per heavy atom. The quantitative estimate of drug-likeness (QED) is 0.121. The molecule has 0 bridgehead atoms. The molecular formula is C19H40O4Si3. The topological polar surface area (TPSA) is 44.8 Å². The molecule has 0 unspecified atom stereocenters. The Morgan fingerprint density at radius 2 is 1.31 bits per heavy atom. The number of allylic oxidation sites excluding steroid dienone is 1. The number of ether oxygens (including phenoxy) is 1. The second-order valence-corrected chi connectivity index (χ2v) is 21.4. The van der Waals surface area contributed by atoms with Crippen molar-refractivity contribution in [2.75, 3.05) is 6.61 Å². The molecule has 0 aromatic rings. The molecule has 0 aliphatic rings. The monoisotopic (exact) mass is 416 g/mol. The highest BCUT2D eigenvalue weighted by molar-refractivity contribution is 6.87. The first kappa shape index (κ1) is 25.5. The van der Waals surface area contributed by atoms with Crippen LogP contribution in [0.15, 0.2) is 24.3 Å². The summed E-state index contributed by atoms with van der Waals surface area (Å²) in [4.78, 5) is 11.4. The molecule has 0 amide bonds. The highest BCUT2D eigenvalue weighted by Crippen LogP contribution is 2.26. The third kappa shape index (κ3) is 12.8. The van der Waals surface area contributed by atoms with E-state index in [9.17, 15) is 4.79 Å². The van der Waals surface area contributed by atoms with Crippen LogP contribution in [-0.4, -0.2) is 37.8 Å². The fourth-order valence-electron chi connectivity index (χ4n) is 3.06. The van der Waals surface area contributed by atoms with Gasteiger partial charge in [0.25, 0.3) is 0 Å². The van der Waals surface area contributed by atoms with Crippen LogP contribution in [0, 0.1) is 0 Å². The molecule has 0 radical (unpaired) electrons. The highest BCUT2D eigenvalue weighted by Gasteiger charge is 2.39. The van der Waals surface area contributed by atoms with Gasteiger partial charge < -0.3 is 13.0 Å². The van der Waals surface area contributed by atoms with Crippen molar-refractivity contribution >= 4 is 31.2 Å². The molecule has 0 aromatic heterocycles. The molecule has 7 heteroatoms. The zero-order chi connectivity index (χ0) is 20.6. The van der Waals surface area contributed by atoms with Gasteiger partial charge in [-0.05, 0) is 84.5 Å². The summed E-state index contributed by atoms with van der Waals surface area (Å²) in [7, 11) is -5.76. The summed E-state index contributed by atoms with van der Waals surface area (Å²) >= 11 is 0. The van der Waals surface area contributed by atoms with Crippen molar-refractivity contribution in [2.45, 2.75) is 84.5 Å². The summed E-state index contributed by atoms with van der Waals surface area (Å²) in [6.45, 7) is 25.1. The molecule has 4 nitrogen and oxygen atoms in total. The van der Waals surface area contributed by atoms with Crippen molar-refractivity contribution in [3.8, 4) is 0 Å². The number of esters is 1. The molecule has 0 spiro atoms. The molecule has 0 saturated heterocycles. The summed E-state index contributed by atoms with van der Waals surface area (Å²) in [5.74, 6) is -0.314. The third-order valence-corrected chi connectivity index (χ3v) is 15.4. The van der Waals surface area contributed by atoms with E-state index in [0.29, 0.717) is 12.2 Å². The van der Waals surface area contributed by atoms with Crippen molar-refractivity contribution in [2.24, 2.45) is 0 Å². The zero-order valence-electron chi connectivity index (χ0n) is 18.3. The molecule has 0 aromatic carbocycles. The molecule has 0 aliphatic heterocycles. The Balaban J connectivity index is 4.44. The fourth-order valence-corrected chi connectivity index (χ4v) is 17.1. The smallest absolute Gasteiger partial charge is 0.333 e. The Labute approximate surface area is 164 Å². The van der Waals surface area contributed by atoms with E-state index in [2.05, 4.69) is 59.4 Å². The number of carbonyl (C=O) groups is 1. The number of hydrogen-bond acceptors (Lipinski definition) is 4. The number of rotatable bonds is 13. The first-order valence-corrected chi connectivity index (χ1v) is 18.6. The average Bonchev–Trinajstić information content (AvgIpc) is 2.39. The number of carbonyl (C=O) groups excluding carboxylic acids is 1. The zero-order valence-corrected chi connectivity index (χ0v) is 21.3. The van der Waals surface area contributed by atoms with Crippen LogP contribution in [0.3, 0.4) is 0 Å². The lowest BCUT2D eigenvalue weighted by Gasteiger charge is -2.38. The van der Waals surface area contributed by atoms with Gasteiger partial charge in [0.2, 0.25) is 0 Å². The van der Waals surface area contributed by atoms with Gasteiger partial charge in [0, 0.05) is 5.57 Å². The molecular weight excluding hydrogens is 376 g/mol. The van der Waals surface area contributed by atoms with E-state index in [1.54, 1.807) is 6.92 Å². The molecule has 0 N–H and O–H groups in total. The predicted molar refractivity (Wildman–Crippen MR) is 119 cm³/mol. The minimum absolute atomic E-state index is 0.314. The van der Waals surface area contributed by atoms with Crippen molar-refractivity contribution < 1.29 is 17.8 Å². The van der Waals surface area contributed by atoms with Crippen LogP contribution in [0.4, 0.5) is 0 Å². The number of hydrogen-bond donors (Lipinski definition) is 0. The average molecular weight is 417 g/mol. The summed E-state index contributed by atoms with van der Waals surface area (Å²) in [6.07, 6.45) is 3.04. The largest absolute Gasteiger partial charge is 0.462 e. The van der Waals surface area contributed by atoms with E-state index < -0.39 is 25.2 Å². The van der Waals surface area contributed by atoms with E-state index in [4.69, 9.17) is 13.0 Å². The van der Waals surface area contributed by atoms with Gasteiger partial charge in [-0.3, -0.25) is 0 Å². The Kier molecular flexibility index (Phi) is 10.6. The first-order chi connectivity index (χ1) is 11.7. The molecule has 0 aliphatic carbocycles. The Bertz CT molecular complexity index is 499. The van der Waals surface area contributed by atoms with Crippen LogP contribution >= 0.6 is 0 Å². The van der Waals surface area contributed by atoms with E-state index in [0.717, 1.165) is 31.4 Å². The minimum Gasteiger partial charge on any atom is -0.462 e. The summed E-state index contributed by atoms with van der Waals surface area (Å²) < 4.78 is 18.3. The lowest BCUT2D eigenvalue weighted by atomic mass is 10.2. The Hall–Kier alpha value is -0.479. The lowest BCUT2D eigenvalue weighted by molar-refractivity contribution is -0.138. The molecule has 0 saturated carbocycles. The first-order valence-electron chi connectivity index (χ1n) is 9.53.